The van der Waals surface area contributed by atoms with Crippen molar-refractivity contribution in [3.8, 4) is 0 Å². The predicted octanol–water partition coefficient (Wildman–Crippen LogP) is 0.140. The van der Waals surface area contributed by atoms with Crippen molar-refractivity contribution in [2.24, 2.45) is 34.0 Å². The molecule has 158 valence electrons. The van der Waals surface area contributed by atoms with E-state index in [9.17, 15) is 25.5 Å². The Hall–Kier alpha value is -0.540. The second kappa shape index (κ2) is 5.38. The Bertz CT molecular complexity index is 724. The van der Waals surface area contributed by atoms with Gasteiger partial charge in [-0.25, -0.2) is 0 Å². The molecule has 0 amide bonds. The van der Waals surface area contributed by atoms with Crippen LogP contribution in [-0.2, 0) is 9.47 Å². The lowest BCUT2D eigenvalue weighted by Crippen LogP contribution is -2.88. The normalized spacial score (nSPS) is 61.8. The van der Waals surface area contributed by atoms with E-state index in [0.717, 1.165) is 0 Å². The van der Waals surface area contributed by atoms with Gasteiger partial charge in [0.25, 0.3) is 0 Å². The van der Waals surface area contributed by atoms with Crippen molar-refractivity contribution in [1.29, 1.82) is 0 Å². The van der Waals surface area contributed by atoms with Crippen LogP contribution in [0.25, 0.3) is 0 Å². The maximum Gasteiger partial charge on any atom is 0.206 e. The highest BCUT2D eigenvalue weighted by Gasteiger charge is 2.88. The third-order valence-corrected chi connectivity index (χ3v) is 9.36. The summed E-state index contributed by atoms with van der Waals surface area (Å²) in [6.45, 7) is 8.05. The molecule has 0 radical (unpaired) electrons. The lowest BCUT2D eigenvalue weighted by Gasteiger charge is -2.77. The molecule has 6 aliphatic rings. The molecule has 2 aliphatic heterocycles. The average molecular weight is 396 g/mol. The van der Waals surface area contributed by atoms with E-state index in [1.165, 1.54) is 7.11 Å². The van der Waals surface area contributed by atoms with Gasteiger partial charge in [0.05, 0.1) is 29.1 Å². The molecule has 4 bridgehead atoms. The minimum Gasteiger partial charge on any atom is -0.392 e. The van der Waals surface area contributed by atoms with Crippen LogP contribution in [0.1, 0.15) is 39.5 Å². The standard InChI is InChI=1S/C21H32O7/c1-9-10-5-6-11-19-12(22)7-8-18(2,3)13(19)16(25)21(26,28-17(19)27-4)20(11,14(9)23)15(10)24/h10-17,22-26H,1,5-8H2,2-4H3/t10-,11-,12-,13+,14+,15+,16-,17-,19-,20-,21+/m1/s1. The first-order valence-corrected chi connectivity index (χ1v) is 10.4. The molecule has 0 unspecified atom stereocenters. The van der Waals surface area contributed by atoms with Crippen molar-refractivity contribution >= 4 is 0 Å². The van der Waals surface area contributed by atoms with Crippen LogP contribution in [0.4, 0.5) is 0 Å². The molecule has 2 heterocycles. The van der Waals surface area contributed by atoms with Crippen LogP contribution in [-0.4, -0.2) is 69.1 Å². The van der Waals surface area contributed by atoms with Crippen molar-refractivity contribution in [3.63, 3.8) is 0 Å². The number of ether oxygens (including phenoxy) is 2. The van der Waals surface area contributed by atoms with Gasteiger partial charge in [-0.3, -0.25) is 0 Å². The zero-order valence-electron chi connectivity index (χ0n) is 16.7. The van der Waals surface area contributed by atoms with E-state index in [-0.39, 0.29) is 5.92 Å². The van der Waals surface area contributed by atoms with E-state index >= 15 is 0 Å². The number of hydrogen-bond donors (Lipinski definition) is 5. The van der Waals surface area contributed by atoms with E-state index < -0.39 is 64.6 Å². The summed E-state index contributed by atoms with van der Waals surface area (Å²) in [5, 5.41) is 57.3. The van der Waals surface area contributed by atoms with E-state index in [1.807, 2.05) is 13.8 Å². The second-order valence-corrected chi connectivity index (χ2v) is 10.4. The molecule has 7 heteroatoms. The summed E-state index contributed by atoms with van der Waals surface area (Å²) < 4.78 is 11.7. The zero-order chi connectivity index (χ0) is 20.4. The monoisotopic (exact) mass is 396 g/mol. The molecule has 0 aromatic rings. The van der Waals surface area contributed by atoms with Crippen molar-refractivity contribution in [1.82, 2.24) is 0 Å². The third kappa shape index (κ3) is 1.64. The fraction of sp³-hybridized carbons (Fsp3) is 0.905. The molecule has 6 fully saturated rings. The summed E-state index contributed by atoms with van der Waals surface area (Å²) in [5.41, 5.74) is -2.50. The summed E-state index contributed by atoms with van der Waals surface area (Å²) in [5.74, 6) is -3.55. The number of aliphatic hydroxyl groups is 5. The van der Waals surface area contributed by atoms with Gasteiger partial charge in [-0.15, -0.1) is 0 Å². The molecule has 4 aliphatic carbocycles. The Morgan fingerprint density at radius 2 is 1.75 bits per heavy atom. The fourth-order valence-electron chi connectivity index (χ4n) is 8.44. The van der Waals surface area contributed by atoms with Crippen LogP contribution in [0, 0.1) is 34.0 Å². The Balaban J connectivity index is 1.83. The summed E-state index contributed by atoms with van der Waals surface area (Å²) in [6, 6.07) is 0. The van der Waals surface area contributed by atoms with Gasteiger partial charge in [0, 0.05) is 18.9 Å². The van der Waals surface area contributed by atoms with Crippen LogP contribution in [0.15, 0.2) is 12.2 Å². The molecular formula is C21H32O7. The van der Waals surface area contributed by atoms with Gasteiger partial charge in [0.15, 0.2) is 6.29 Å². The molecule has 2 spiro atoms. The van der Waals surface area contributed by atoms with Gasteiger partial charge < -0.3 is 35.0 Å². The van der Waals surface area contributed by atoms with Gasteiger partial charge in [0.1, 0.15) is 6.10 Å². The lowest BCUT2D eigenvalue weighted by atomic mass is 9.35. The third-order valence-electron chi connectivity index (χ3n) is 9.36. The number of aliphatic hydroxyl groups excluding tert-OH is 4. The van der Waals surface area contributed by atoms with Crippen LogP contribution in [0.2, 0.25) is 0 Å². The lowest BCUT2D eigenvalue weighted by molar-refractivity contribution is -0.524. The summed E-state index contributed by atoms with van der Waals surface area (Å²) in [4.78, 5) is 0. The largest absolute Gasteiger partial charge is 0.392 e. The Morgan fingerprint density at radius 3 is 2.39 bits per heavy atom. The summed E-state index contributed by atoms with van der Waals surface area (Å²) in [6.07, 6.45) is -3.14. The molecule has 5 N–H and O–H groups in total. The predicted molar refractivity (Wildman–Crippen MR) is 97.6 cm³/mol. The highest BCUT2D eigenvalue weighted by Crippen LogP contribution is 2.78. The molecule has 0 aromatic carbocycles. The molecule has 28 heavy (non-hydrogen) atoms. The van der Waals surface area contributed by atoms with Crippen molar-refractivity contribution in [2.45, 2.75) is 76.0 Å². The molecule has 2 saturated heterocycles. The van der Waals surface area contributed by atoms with Crippen LogP contribution in [0.5, 0.6) is 0 Å². The van der Waals surface area contributed by atoms with Gasteiger partial charge in [0.2, 0.25) is 5.79 Å². The van der Waals surface area contributed by atoms with Gasteiger partial charge in [-0.1, -0.05) is 20.4 Å². The maximum absolute atomic E-state index is 11.9. The van der Waals surface area contributed by atoms with E-state index in [4.69, 9.17) is 9.47 Å². The summed E-state index contributed by atoms with van der Waals surface area (Å²) in [7, 11) is 1.47. The topological polar surface area (TPSA) is 120 Å². The second-order valence-electron chi connectivity index (χ2n) is 10.4. The Kier molecular flexibility index (Phi) is 3.73. The van der Waals surface area contributed by atoms with Gasteiger partial charge in [-0.05, 0) is 42.6 Å². The highest BCUT2D eigenvalue weighted by atomic mass is 16.8. The first-order valence-electron chi connectivity index (χ1n) is 10.4. The van der Waals surface area contributed by atoms with Crippen molar-refractivity contribution in [3.05, 3.63) is 12.2 Å². The number of rotatable bonds is 1. The first-order chi connectivity index (χ1) is 13.0. The van der Waals surface area contributed by atoms with Crippen LogP contribution in [0.3, 0.4) is 0 Å². The molecule has 7 nitrogen and oxygen atoms in total. The average Bonchev–Trinajstić information content (AvgIpc) is 2.75. The van der Waals surface area contributed by atoms with Gasteiger partial charge >= 0.3 is 0 Å². The number of methoxy groups -OCH3 is 1. The first kappa shape index (κ1) is 19.4. The fourth-order valence-corrected chi connectivity index (χ4v) is 8.44. The van der Waals surface area contributed by atoms with Crippen LogP contribution >= 0.6 is 0 Å². The molecule has 4 saturated carbocycles. The van der Waals surface area contributed by atoms with Crippen molar-refractivity contribution < 1.29 is 35.0 Å². The summed E-state index contributed by atoms with van der Waals surface area (Å²) >= 11 is 0. The highest BCUT2D eigenvalue weighted by molar-refractivity contribution is 5.38. The number of fused-ring (bicyclic) bond motifs is 2. The van der Waals surface area contributed by atoms with Crippen LogP contribution < -0.4 is 0 Å². The molecule has 11 atom stereocenters. The molecular weight excluding hydrogens is 364 g/mol. The minimum atomic E-state index is -2.20. The quantitative estimate of drug-likeness (QED) is 0.400. The van der Waals surface area contributed by atoms with Gasteiger partial charge in [-0.2, -0.15) is 0 Å². The zero-order valence-corrected chi connectivity index (χ0v) is 16.7. The SMILES string of the molecule is C=C1[C@H]2CC[C@@H]3[C@]45[C@H](OC)O[C@@](O)([C@H](O)[C@H]4C(C)(C)CC[C@H]5O)[C@]3([C@H]1O)[C@H]2O. The molecule has 6 rings (SSSR count). The molecule has 0 aromatic heterocycles. The van der Waals surface area contributed by atoms with Crippen molar-refractivity contribution in [2.75, 3.05) is 7.11 Å². The maximum atomic E-state index is 11.9. The van der Waals surface area contributed by atoms with E-state index in [1.54, 1.807) is 0 Å². The Morgan fingerprint density at radius 1 is 1.07 bits per heavy atom. The Labute approximate surface area is 165 Å². The number of hydrogen-bond acceptors (Lipinski definition) is 7. The van der Waals surface area contributed by atoms with E-state index in [0.29, 0.717) is 31.3 Å². The smallest absolute Gasteiger partial charge is 0.206 e. The minimum absolute atomic E-state index is 0.366. The van der Waals surface area contributed by atoms with E-state index in [2.05, 4.69) is 6.58 Å².